The first-order valence-corrected chi connectivity index (χ1v) is 5.12. The summed E-state index contributed by atoms with van der Waals surface area (Å²) < 4.78 is 18.8. The number of rotatable bonds is 3. The van der Waals surface area contributed by atoms with E-state index in [1.165, 1.54) is 7.11 Å². The van der Waals surface area contributed by atoms with Gasteiger partial charge in [-0.05, 0) is 31.7 Å². The molecular weight excluding hydrogens is 195 g/mol. The van der Waals surface area contributed by atoms with Crippen LogP contribution in [0.5, 0.6) is 5.75 Å². The molecule has 15 heavy (non-hydrogen) atoms. The van der Waals surface area contributed by atoms with Crippen molar-refractivity contribution in [3.63, 3.8) is 0 Å². The van der Waals surface area contributed by atoms with Crippen molar-refractivity contribution in [2.24, 2.45) is 5.92 Å². The van der Waals surface area contributed by atoms with E-state index >= 15 is 0 Å². The molecule has 2 rings (SSSR count). The van der Waals surface area contributed by atoms with Crippen molar-refractivity contribution >= 4 is 0 Å². The highest BCUT2D eigenvalue weighted by Gasteiger charge is 2.43. The molecule has 1 saturated carbocycles. The van der Waals surface area contributed by atoms with Gasteiger partial charge in [0, 0.05) is 5.56 Å². The average molecular weight is 210 g/mol. The van der Waals surface area contributed by atoms with Crippen molar-refractivity contribution in [1.82, 2.24) is 0 Å². The smallest absolute Gasteiger partial charge is 0.171 e. The molecule has 1 unspecified atom stereocenters. The van der Waals surface area contributed by atoms with Crippen molar-refractivity contribution in [3.05, 3.63) is 29.6 Å². The van der Waals surface area contributed by atoms with Crippen molar-refractivity contribution < 1.29 is 14.2 Å². The maximum Gasteiger partial charge on any atom is 0.171 e. The van der Waals surface area contributed by atoms with Gasteiger partial charge in [0.1, 0.15) is 0 Å². The number of hydrogen-bond donors (Lipinski definition) is 1. The van der Waals surface area contributed by atoms with E-state index in [9.17, 15) is 9.50 Å². The fourth-order valence-corrected chi connectivity index (χ4v) is 1.92. The van der Waals surface area contributed by atoms with Gasteiger partial charge in [0.2, 0.25) is 0 Å². The molecule has 0 aromatic heterocycles. The maximum atomic E-state index is 13.9. The number of aliphatic hydroxyl groups is 1. The van der Waals surface area contributed by atoms with E-state index in [1.54, 1.807) is 25.1 Å². The van der Waals surface area contributed by atoms with Gasteiger partial charge in [0.05, 0.1) is 12.7 Å². The predicted molar refractivity (Wildman–Crippen MR) is 55.2 cm³/mol. The molecule has 1 N–H and O–H groups in total. The summed E-state index contributed by atoms with van der Waals surface area (Å²) in [6.07, 6.45) is 1.92. The number of benzene rings is 1. The molecule has 3 heteroatoms. The molecule has 0 aliphatic heterocycles. The number of ether oxygens (including phenoxy) is 1. The lowest BCUT2D eigenvalue weighted by molar-refractivity contribution is 0.0290. The largest absolute Gasteiger partial charge is 0.494 e. The summed E-state index contributed by atoms with van der Waals surface area (Å²) in [4.78, 5) is 0. The molecule has 1 aliphatic carbocycles. The lowest BCUT2D eigenvalue weighted by Gasteiger charge is -2.24. The third kappa shape index (κ3) is 1.72. The summed E-state index contributed by atoms with van der Waals surface area (Å²) >= 11 is 0. The maximum absolute atomic E-state index is 13.9. The quantitative estimate of drug-likeness (QED) is 0.830. The Morgan fingerprint density at radius 1 is 1.47 bits per heavy atom. The van der Waals surface area contributed by atoms with E-state index in [0.29, 0.717) is 5.56 Å². The second-order valence-corrected chi connectivity index (χ2v) is 4.24. The van der Waals surface area contributed by atoms with Gasteiger partial charge in [-0.1, -0.05) is 12.1 Å². The van der Waals surface area contributed by atoms with E-state index in [-0.39, 0.29) is 11.7 Å². The molecule has 82 valence electrons. The molecule has 2 nitrogen and oxygen atoms in total. The Bertz CT molecular complexity index is 370. The second kappa shape index (κ2) is 3.49. The molecular formula is C12H15FO2. The van der Waals surface area contributed by atoms with Crippen LogP contribution in [0.2, 0.25) is 0 Å². The van der Waals surface area contributed by atoms with Crippen LogP contribution in [0.4, 0.5) is 4.39 Å². The molecule has 0 amide bonds. The lowest BCUT2D eigenvalue weighted by atomic mass is 9.90. The SMILES string of the molecule is COc1cccc(C(C)(O)C2CC2)c1F. The second-order valence-electron chi connectivity index (χ2n) is 4.24. The molecule has 1 aromatic carbocycles. The van der Waals surface area contributed by atoms with Crippen molar-refractivity contribution in [2.75, 3.05) is 7.11 Å². The highest BCUT2D eigenvalue weighted by atomic mass is 19.1. The fourth-order valence-electron chi connectivity index (χ4n) is 1.92. The van der Waals surface area contributed by atoms with Gasteiger partial charge in [-0.25, -0.2) is 4.39 Å². The van der Waals surface area contributed by atoms with Crippen LogP contribution < -0.4 is 4.74 Å². The third-order valence-electron chi connectivity index (χ3n) is 3.10. The lowest BCUT2D eigenvalue weighted by Crippen LogP contribution is -2.25. The summed E-state index contributed by atoms with van der Waals surface area (Å²) in [5.41, 5.74) is -0.733. The third-order valence-corrected chi connectivity index (χ3v) is 3.10. The molecule has 0 spiro atoms. The molecule has 1 aromatic rings. The normalized spacial score (nSPS) is 19.7. The van der Waals surface area contributed by atoms with E-state index in [2.05, 4.69) is 0 Å². The standard InChI is InChI=1S/C12H15FO2/c1-12(14,8-6-7-8)9-4-3-5-10(15-2)11(9)13/h3-5,8,14H,6-7H2,1-2H3. The first kappa shape index (κ1) is 10.4. The molecule has 1 aliphatic rings. The minimum absolute atomic E-state index is 0.180. The van der Waals surface area contributed by atoms with E-state index in [1.807, 2.05) is 0 Å². The summed E-state index contributed by atoms with van der Waals surface area (Å²) in [5, 5.41) is 10.2. The Balaban J connectivity index is 2.43. The van der Waals surface area contributed by atoms with Gasteiger partial charge in [0.25, 0.3) is 0 Å². The van der Waals surface area contributed by atoms with Crippen LogP contribution in [-0.4, -0.2) is 12.2 Å². The van der Waals surface area contributed by atoms with Crippen LogP contribution in [0.25, 0.3) is 0 Å². The zero-order valence-corrected chi connectivity index (χ0v) is 8.96. The van der Waals surface area contributed by atoms with Crippen molar-refractivity contribution in [1.29, 1.82) is 0 Å². The van der Waals surface area contributed by atoms with Gasteiger partial charge in [-0.3, -0.25) is 0 Å². The highest BCUT2D eigenvalue weighted by Crippen LogP contribution is 2.46. The van der Waals surface area contributed by atoms with Crippen LogP contribution in [0.3, 0.4) is 0 Å². The van der Waals surface area contributed by atoms with E-state index < -0.39 is 11.4 Å². The zero-order chi connectivity index (χ0) is 11.1. The monoisotopic (exact) mass is 210 g/mol. The topological polar surface area (TPSA) is 29.5 Å². The molecule has 0 bridgehead atoms. The predicted octanol–water partition coefficient (Wildman–Crippen LogP) is 2.45. The first-order valence-electron chi connectivity index (χ1n) is 5.12. The van der Waals surface area contributed by atoms with E-state index in [4.69, 9.17) is 4.74 Å². The Morgan fingerprint density at radius 3 is 2.67 bits per heavy atom. The average Bonchev–Trinajstić information content (AvgIpc) is 3.01. The summed E-state index contributed by atoms with van der Waals surface area (Å²) in [7, 11) is 1.42. The Kier molecular flexibility index (Phi) is 2.43. The van der Waals surface area contributed by atoms with Gasteiger partial charge in [-0.2, -0.15) is 0 Å². The zero-order valence-electron chi connectivity index (χ0n) is 8.96. The number of methoxy groups -OCH3 is 1. The van der Waals surface area contributed by atoms with Gasteiger partial charge in [-0.15, -0.1) is 0 Å². The number of hydrogen-bond acceptors (Lipinski definition) is 2. The van der Waals surface area contributed by atoms with Gasteiger partial charge < -0.3 is 9.84 Å². The van der Waals surface area contributed by atoms with Gasteiger partial charge in [0.15, 0.2) is 11.6 Å². The first-order chi connectivity index (χ1) is 7.07. The Labute approximate surface area is 88.7 Å². The molecule has 0 radical (unpaired) electrons. The van der Waals surface area contributed by atoms with Crippen LogP contribution in [0.15, 0.2) is 18.2 Å². The van der Waals surface area contributed by atoms with Crippen LogP contribution in [0, 0.1) is 11.7 Å². The minimum Gasteiger partial charge on any atom is -0.494 e. The molecule has 0 saturated heterocycles. The molecule has 1 atom stereocenters. The van der Waals surface area contributed by atoms with Crippen LogP contribution in [-0.2, 0) is 5.60 Å². The highest BCUT2D eigenvalue weighted by molar-refractivity contribution is 5.35. The molecule has 0 heterocycles. The van der Waals surface area contributed by atoms with Gasteiger partial charge >= 0.3 is 0 Å². The summed E-state index contributed by atoms with van der Waals surface area (Å²) in [5.74, 6) is -0.0792. The molecule has 1 fully saturated rings. The minimum atomic E-state index is -1.07. The Hall–Kier alpha value is -1.09. The van der Waals surface area contributed by atoms with Crippen LogP contribution >= 0.6 is 0 Å². The summed E-state index contributed by atoms with van der Waals surface area (Å²) in [6.45, 7) is 1.67. The van der Waals surface area contributed by atoms with Crippen molar-refractivity contribution in [2.45, 2.75) is 25.4 Å². The van der Waals surface area contributed by atoms with Crippen LogP contribution in [0.1, 0.15) is 25.3 Å². The van der Waals surface area contributed by atoms with Crippen molar-refractivity contribution in [3.8, 4) is 5.75 Å². The fraction of sp³-hybridized carbons (Fsp3) is 0.500. The van der Waals surface area contributed by atoms with E-state index in [0.717, 1.165) is 12.8 Å². The Morgan fingerprint density at radius 2 is 2.13 bits per heavy atom. The number of halogens is 1. The summed E-state index contributed by atoms with van der Waals surface area (Å²) in [6, 6.07) is 4.88.